The number of rotatable bonds is 4. The Morgan fingerprint density at radius 1 is 1.22 bits per heavy atom. The van der Waals surface area contributed by atoms with Gasteiger partial charge in [-0.3, -0.25) is 0 Å². The molecule has 1 atom stereocenters. The Labute approximate surface area is 140 Å². The van der Waals surface area contributed by atoms with Crippen LogP contribution in [-0.4, -0.2) is 29.2 Å². The van der Waals surface area contributed by atoms with E-state index in [0.717, 1.165) is 18.4 Å². The number of nitrogens with zero attached hydrogens (tertiary/aromatic N) is 1. The van der Waals surface area contributed by atoms with E-state index in [9.17, 15) is 9.90 Å². The number of carbonyl (C=O) groups is 1. The van der Waals surface area contributed by atoms with Crippen LogP contribution in [0.5, 0.6) is 0 Å². The van der Waals surface area contributed by atoms with Crippen molar-refractivity contribution in [2.75, 3.05) is 18.5 Å². The van der Waals surface area contributed by atoms with E-state index in [1.54, 1.807) is 17.0 Å². The number of urea groups is 1. The van der Waals surface area contributed by atoms with Gasteiger partial charge < -0.3 is 15.3 Å². The number of halogens is 1. The lowest BCUT2D eigenvalue weighted by Crippen LogP contribution is -2.39. The molecule has 0 bridgehead atoms. The number of anilines is 1. The monoisotopic (exact) mass is 330 g/mol. The van der Waals surface area contributed by atoms with Crippen LogP contribution in [0, 0.1) is 0 Å². The lowest BCUT2D eigenvalue weighted by molar-refractivity contribution is 0.162. The molecule has 0 spiro atoms. The maximum absolute atomic E-state index is 12.7. The van der Waals surface area contributed by atoms with Crippen LogP contribution < -0.4 is 5.32 Å². The van der Waals surface area contributed by atoms with Crippen LogP contribution in [0.1, 0.15) is 23.6 Å². The zero-order valence-corrected chi connectivity index (χ0v) is 13.5. The summed E-state index contributed by atoms with van der Waals surface area (Å²) >= 11 is 6.11. The molecule has 4 nitrogen and oxygen atoms in total. The third-order valence-electron chi connectivity index (χ3n) is 4.19. The van der Waals surface area contributed by atoms with E-state index < -0.39 is 0 Å². The second-order valence-corrected chi connectivity index (χ2v) is 5.99. The molecule has 0 fully saturated rings. The molecular formula is C18H19ClN2O2. The third-order valence-corrected chi connectivity index (χ3v) is 4.52. The normalized spacial score (nSPS) is 16.0. The van der Waals surface area contributed by atoms with Crippen LogP contribution in [0.3, 0.4) is 0 Å². The first kappa shape index (κ1) is 15.8. The van der Waals surface area contributed by atoms with E-state index >= 15 is 0 Å². The Bertz CT molecular complexity index is 705. The number of carbonyl (C=O) groups excluding carboxylic acids is 1. The number of amides is 2. The first-order valence-electron chi connectivity index (χ1n) is 7.71. The lowest BCUT2D eigenvalue weighted by atomic mass is 10.1. The molecular weight excluding hydrogens is 312 g/mol. The highest BCUT2D eigenvalue weighted by molar-refractivity contribution is 6.33. The number of nitrogens with one attached hydrogen (secondary N) is 1. The number of hydrogen-bond acceptors (Lipinski definition) is 2. The average Bonchev–Trinajstić information content (AvgIpc) is 2.98. The molecule has 2 aromatic rings. The van der Waals surface area contributed by atoms with Crippen molar-refractivity contribution in [2.24, 2.45) is 0 Å². The third kappa shape index (κ3) is 3.33. The summed E-state index contributed by atoms with van der Waals surface area (Å²) in [6.07, 6.45) is 1.82. The van der Waals surface area contributed by atoms with Crippen LogP contribution in [0.4, 0.5) is 10.5 Å². The van der Waals surface area contributed by atoms with Gasteiger partial charge >= 0.3 is 6.03 Å². The fourth-order valence-electron chi connectivity index (χ4n) is 3.11. The zero-order valence-electron chi connectivity index (χ0n) is 12.7. The molecule has 1 aliphatic rings. The SMILES string of the molecule is O=C(Nc1ccccc1Cl)N(CCO)C1CCc2ccccc21. The van der Waals surface area contributed by atoms with Crippen LogP contribution in [-0.2, 0) is 6.42 Å². The van der Waals surface area contributed by atoms with E-state index in [2.05, 4.69) is 17.4 Å². The predicted molar refractivity (Wildman–Crippen MR) is 91.8 cm³/mol. The highest BCUT2D eigenvalue weighted by Crippen LogP contribution is 2.36. The van der Waals surface area contributed by atoms with Gasteiger partial charge in [0.05, 0.1) is 23.4 Å². The Morgan fingerprint density at radius 2 is 1.96 bits per heavy atom. The van der Waals surface area contributed by atoms with E-state index in [1.807, 2.05) is 24.3 Å². The van der Waals surface area contributed by atoms with Gasteiger partial charge in [0.2, 0.25) is 0 Å². The molecule has 1 unspecified atom stereocenters. The Kier molecular flexibility index (Phi) is 4.84. The fraction of sp³-hybridized carbons (Fsp3) is 0.278. The maximum atomic E-state index is 12.7. The number of aliphatic hydroxyl groups is 1. The quantitative estimate of drug-likeness (QED) is 0.894. The summed E-state index contributed by atoms with van der Waals surface area (Å²) in [7, 11) is 0. The van der Waals surface area contributed by atoms with Crippen molar-refractivity contribution in [3.8, 4) is 0 Å². The molecule has 2 N–H and O–H groups in total. The number of aliphatic hydroxyl groups excluding tert-OH is 1. The van der Waals surface area contributed by atoms with Gasteiger partial charge in [0, 0.05) is 6.54 Å². The van der Waals surface area contributed by atoms with Gasteiger partial charge in [-0.05, 0) is 36.1 Å². The number of fused-ring (bicyclic) bond motifs is 1. The molecule has 2 aromatic carbocycles. The zero-order chi connectivity index (χ0) is 16.2. The van der Waals surface area contributed by atoms with Gasteiger partial charge in [-0.1, -0.05) is 48.0 Å². The summed E-state index contributed by atoms with van der Waals surface area (Å²) in [5.74, 6) is 0. The minimum atomic E-state index is -0.242. The fourth-order valence-corrected chi connectivity index (χ4v) is 3.30. The maximum Gasteiger partial charge on any atom is 0.322 e. The van der Waals surface area contributed by atoms with Gasteiger partial charge in [0.25, 0.3) is 0 Å². The molecule has 120 valence electrons. The number of benzene rings is 2. The molecule has 2 amide bonds. The molecule has 0 radical (unpaired) electrons. The molecule has 0 heterocycles. The second kappa shape index (κ2) is 7.02. The summed E-state index contributed by atoms with van der Waals surface area (Å²) in [5.41, 5.74) is 3.01. The van der Waals surface area contributed by atoms with Crippen LogP contribution in [0.2, 0.25) is 5.02 Å². The number of para-hydroxylation sites is 1. The second-order valence-electron chi connectivity index (χ2n) is 5.58. The number of hydrogen-bond donors (Lipinski definition) is 2. The topological polar surface area (TPSA) is 52.6 Å². The standard InChI is InChI=1S/C18H19ClN2O2/c19-15-7-3-4-8-16(15)20-18(23)21(11-12-22)17-10-9-13-5-1-2-6-14(13)17/h1-8,17,22H,9-12H2,(H,20,23). The molecule has 3 rings (SSSR count). The van der Waals surface area contributed by atoms with E-state index in [-0.39, 0.29) is 25.2 Å². The van der Waals surface area contributed by atoms with Gasteiger partial charge in [-0.2, -0.15) is 0 Å². The van der Waals surface area contributed by atoms with Crippen LogP contribution in [0.15, 0.2) is 48.5 Å². The van der Waals surface area contributed by atoms with E-state index in [4.69, 9.17) is 11.6 Å². The van der Waals surface area contributed by atoms with Gasteiger partial charge in [0.15, 0.2) is 0 Å². The summed E-state index contributed by atoms with van der Waals surface area (Å²) < 4.78 is 0. The molecule has 0 aromatic heterocycles. The molecule has 1 aliphatic carbocycles. The minimum absolute atomic E-state index is 0.0131. The summed E-state index contributed by atoms with van der Waals surface area (Å²) in [6.45, 7) is 0.212. The van der Waals surface area contributed by atoms with Gasteiger partial charge in [0.1, 0.15) is 0 Å². The molecule has 23 heavy (non-hydrogen) atoms. The Hall–Kier alpha value is -2.04. The van der Waals surface area contributed by atoms with Crippen molar-refractivity contribution >= 4 is 23.3 Å². The van der Waals surface area contributed by atoms with Crippen molar-refractivity contribution in [1.29, 1.82) is 0 Å². The van der Waals surface area contributed by atoms with Crippen molar-refractivity contribution in [3.63, 3.8) is 0 Å². The van der Waals surface area contributed by atoms with Crippen LogP contribution in [0.25, 0.3) is 0 Å². The molecule has 5 heteroatoms. The van der Waals surface area contributed by atoms with E-state index in [0.29, 0.717) is 10.7 Å². The predicted octanol–water partition coefficient (Wildman–Crippen LogP) is 3.85. The average molecular weight is 331 g/mol. The van der Waals surface area contributed by atoms with Crippen molar-refractivity contribution < 1.29 is 9.90 Å². The van der Waals surface area contributed by atoms with E-state index in [1.165, 1.54) is 5.56 Å². The van der Waals surface area contributed by atoms with Crippen molar-refractivity contribution in [1.82, 2.24) is 4.90 Å². The largest absolute Gasteiger partial charge is 0.395 e. The first-order valence-corrected chi connectivity index (χ1v) is 8.09. The summed E-state index contributed by atoms with van der Waals surface area (Å²) in [4.78, 5) is 14.4. The van der Waals surface area contributed by atoms with Gasteiger partial charge in [-0.25, -0.2) is 4.79 Å². The Morgan fingerprint density at radius 3 is 2.74 bits per heavy atom. The lowest BCUT2D eigenvalue weighted by Gasteiger charge is -2.29. The molecule has 0 saturated carbocycles. The summed E-state index contributed by atoms with van der Waals surface area (Å²) in [6, 6.07) is 15.0. The summed E-state index contributed by atoms with van der Waals surface area (Å²) in [5, 5.41) is 12.7. The van der Waals surface area contributed by atoms with Crippen LogP contribution >= 0.6 is 11.6 Å². The highest BCUT2D eigenvalue weighted by Gasteiger charge is 2.30. The molecule has 0 saturated heterocycles. The minimum Gasteiger partial charge on any atom is -0.395 e. The first-order chi connectivity index (χ1) is 11.2. The Balaban J connectivity index is 1.82. The van der Waals surface area contributed by atoms with Gasteiger partial charge in [-0.15, -0.1) is 0 Å². The number of aryl methyl sites for hydroxylation is 1. The van der Waals surface area contributed by atoms with Crippen molar-refractivity contribution in [3.05, 3.63) is 64.7 Å². The smallest absolute Gasteiger partial charge is 0.322 e. The highest BCUT2D eigenvalue weighted by atomic mass is 35.5. The molecule has 0 aliphatic heterocycles. The van der Waals surface area contributed by atoms with Crippen molar-refractivity contribution in [2.45, 2.75) is 18.9 Å².